The molecule has 0 saturated carbocycles. The fourth-order valence-electron chi connectivity index (χ4n) is 3.37. The van der Waals surface area contributed by atoms with Crippen LogP contribution in [0.1, 0.15) is 21.5 Å². The molecule has 0 unspecified atom stereocenters. The molecule has 3 aromatic carbocycles. The quantitative estimate of drug-likeness (QED) is 0.474. The number of thiazole rings is 1. The van der Waals surface area contributed by atoms with Gasteiger partial charge in [0, 0.05) is 23.4 Å². The largest absolute Gasteiger partial charge is 0.319 e. The minimum atomic E-state index is -3.17. The molecule has 1 amide bonds. The lowest BCUT2D eigenvalue weighted by molar-refractivity contribution is 0.0997. The molecule has 152 valence electrons. The number of nitrogens with zero attached hydrogens (tertiary/aromatic N) is 2. The SMILES string of the molecule is CS(=O)(=O)Cc1cccc(C(=O)N=c2sccn2Cc2cccc3ccccc23)c1. The van der Waals surface area contributed by atoms with E-state index in [-0.39, 0.29) is 11.7 Å². The minimum Gasteiger partial charge on any atom is -0.319 e. The molecule has 1 aromatic heterocycles. The van der Waals surface area contributed by atoms with E-state index in [9.17, 15) is 13.2 Å². The Morgan fingerprint density at radius 2 is 1.80 bits per heavy atom. The molecule has 4 aromatic rings. The van der Waals surface area contributed by atoms with Crippen LogP contribution >= 0.6 is 11.3 Å². The first-order valence-corrected chi connectivity index (χ1v) is 12.3. The van der Waals surface area contributed by atoms with Crippen molar-refractivity contribution >= 4 is 37.9 Å². The topological polar surface area (TPSA) is 68.5 Å². The molecule has 7 heteroatoms. The second-order valence-corrected chi connectivity index (χ2v) is 10.2. The van der Waals surface area contributed by atoms with Gasteiger partial charge in [0.05, 0.1) is 12.3 Å². The van der Waals surface area contributed by atoms with Crippen LogP contribution in [0.2, 0.25) is 0 Å². The molecule has 0 radical (unpaired) electrons. The van der Waals surface area contributed by atoms with Crippen molar-refractivity contribution in [2.75, 3.05) is 6.26 Å². The molecule has 4 rings (SSSR count). The molecule has 0 bridgehead atoms. The van der Waals surface area contributed by atoms with Gasteiger partial charge in [-0.3, -0.25) is 4.79 Å². The predicted molar refractivity (Wildman–Crippen MR) is 120 cm³/mol. The third-order valence-corrected chi connectivity index (χ3v) is 6.33. The lowest BCUT2D eigenvalue weighted by Gasteiger charge is -2.07. The van der Waals surface area contributed by atoms with Gasteiger partial charge in [-0.25, -0.2) is 8.42 Å². The number of hydrogen-bond donors (Lipinski definition) is 0. The van der Waals surface area contributed by atoms with E-state index in [1.807, 2.05) is 34.3 Å². The van der Waals surface area contributed by atoms with Crippen molar-refractivity contribution in [3.8, 4) is 0 Å². The third-order valence-electron chi connectivity index (χ3n) is 4.68. The number of amides is 1. The zero-order chi connectivity index (χ0) is 21.1. The lowest BCUT2D eigenvalue weighted by Crippen LogP contribution is -2.17. The van der Waals surface area contributed by atoms with Crippen LogP contribution in [0.4, 0.5) is 0 Å². The van der Waals surface area contributed by atoms with E-state index in [1.165, 1.54) is 28.4 Å². The molecule has 0 saturated heterocycles. The fraction of sp³-hybridized carbons (Fsp3) is 0.130. The van der Waals surface area contributed by atoms with Crippen molar-refractivity contribution in [1.82, 2.24) is 4.57 Å². The smallest absolute Gasteiger partial charge is 0.279 e. The summed E-state index contributed by atoms with van der Waals surface area (Å²) in [4.78, 5) is 17.6. The molecular weight excluding hydrogens is 416 g/mol. The number of carbonyl (C=O) groups excluding carboxylic acids is 1. The summed E-state index contributed by atoms with van der Waals surface area (Å²) >= 11 is 1.39. The Morgan fingerprint density at radius 3 is 2.63 bits per heavy atom. The molecule has 5 nitrogen and oxygen atoms in total. The van der Waals surface area contributed by atoms with Gasteiger partial charge in [0.1, 0.15) is 0 Å². The summed E-state index contributed by atoms with van der Waals surface area (Å²) in [6.45, 7) is 0.602. The summed E-state index contributed by atoms with van der Waals surface area (Å²) in [5, 5.41) is 4.24. The van der Waals surface area contributed by atoms with E-state index in [2.05, 4.69) is 29.3 Å². The third kappa shape index (κ3) is 4.75. The maximum atomic E-state index is 12.7. The van der Waals surface area contributed by atoms with Gasteiger partial charge in [-0.2, -0.15) is 4.99 Å². The van der Waals surface area contributed by atoms with E-state index >= 15 is 0 Å². The van der Waals surface area contributed by atoms with E-state index < -0.39 is 9.84 Å². The maximum Gasteiger partial charge on any atom is 0.279 e. The highest BCUT2D eigenvalue weighted by Gasteiger charge is 2.10. The molecular formula is C23H20N2O3S2. The van der Waals surface area contributed by atoms with Crippen LogP contribution < -0.4 is 4.80 Å². The van der Waals surface area contributed by atoms with Crippen molar-refractivity contribution in [2.45, 2.75) is 12.3 Å². The first kappa shape index (κ1) is 20.3. The molecule has 0 aliphatic carbocycles. The van der Waals surface area contributed by atoms with E-state index in [0.29, 0.717) is 22.5 Å². The number of fused-ring (bicyclic) bond motifs is 1. The zero-order valence-electron chi connectivity index (χ0n) is 16.4. The van der Waals surface area contributed by atoms with Crippen LogP contribution in [-0.2, 0) is 22.1 Å². The van der Waals surface area contributed by atoms with Crippen molar-refractivity contribution < 1.29 is 13.2 Å². The van der Waals surface area contributed by atoms with Crippen LogP contribution in [-0.4, -0.2) is 25.1 Å². The Hall–Kier alpha value is -3.03. The number of rotatable bonds is 5. The first-order chi connectivity index (χ1) is 14.4. The molecule has 0 N–H and O–H groups in total. The average Bonchev–Trinajstić information content (AvgIpc) is 3.14. The minimum absolute atomic E-state index is 0.103. The van der Waals surface area contributed by atoms with E-state index in [0.717, 1.165) is 5.56 Å². The van der Waals surface area contributed by atoms with Gasteiger partial charge in [-0.05, 0) is 34.0 Å². The summed E-state index contributed by atoms with van der Waals surface area (Å²) in [6, 6.07) is 21.0. The van der Waals surface area contributed by atoms with Gasteiger partial charge >= 0.3 is 0 Å². The fourth-order valence-corrected chi connectivity index (χ4v) is 4.88. The van der Waals surface area contributed by atoms with Gasteiger partial charge in [0.15, 0.2) is 14.6 Å². The monoisotopic (exact) mass is 436 g/mol. The van der Waals surface area contributed by atoms with Gasteiger partial charge < -0.3 is 4.57 Å². The molecule has 0 fully saturated rings. The number of hydrogen-bond acceptors (Lipinski definition) is 4. The molecule has 1 heterocycles. The highest BCUT2D eigenvalue weighted by molar-refractivity contribution is 7.89. The van der Waals surface area contributed by atoms with Crippen LogP contribution in [0, 0.1) is 0 Å². The van der Waals surface area contributed by atoms with Gasteiger partial charge in [0.25, 0.3) is 5.91 Å². The van der Waals surface area contributed by atoms with Crippen LogP contribution in [0.3, 0.4) is 0 Å². The molecule has 0 spiro atoms. The summed E-state index contributed by atoms with van der Waals surface area (Å²) in [5.74, 6) is -0.492. The molecule has 0 aliphatic heterocycles. The predicted octanol–water partition coefficient (Wildman–Crippen LogP) is 4.04. The highest BCUT2D eigenvalue weighted by atomic mass is 32.2. The summed E-state index contributed by atoms with van der Waals surface area (Å²) < 4.78 is 25.0. The van der Waals surface area contributed by atoms with Crippen molar-refractivity contribution in [1.29, 1.82) is 0 Å². The number of benzene rings is 3. The second kappa shape index (κ2) is 8.38. The zero-order valence-corrected chi connectivity index (χ0v) is 18.0. The number of sulfone groups is 1. The summed E-state index contributed by atoms with van der Waals surface area (Å²) in [5.41, 5.74) is 2.10. The van der Waals surface area contributed by atoms with Crippen LogP contribution in [0.5, 0.6) is 0 Å². The van der Waals surface area contributed by atoms with E-state index in [4.69, 9.17) is 0 Å². The summed E-state index contributed by atoms with van der Waals surface area (Å²) in [7, 11) is -3.17. The molecule has 0 aliphatic rings. The van der Waals surface area contributed by atoms with E-state index in [1.54, 1.807) is 24.3 Å². The maximum absolute atomic E-state index is 12.7. The normalized spacial score (nSPS) is 12.4. The highest BCUT2D eigenvalue weighted by Crippen LogP contribution is 2.19. The van der Waals surface area contributed by atoms with Crippen LogP contribution in [0.15, 0.2) is 83.3 Å². The Labute approximate surface area is 178 Å². The Morgan fingerprint density at radius 1 is 1.03 bits per heavy atom. The van der Waals surface area contributed by atoms with Crippen molar-refractivity contribution in [2.24, 2.45) is 4.99 Å². The number of aromatic nitrogens is 1. The van der Waals surface area contributed by atoms with Gasteiger partial charge in [-0.15, -0.1) is 11.3 Å². The number of carbonyl (C=O) groups is 1. The van der Waals surface area contributed by atoms with Gasteiger partial charge in [0.2, 0.25) is 0 Å². The molecule has 0 atom stereocenters. The van der Waals surface area contributed by atoms with Crippen LogP contribution in [0.25, 0.3) is 10.8 Å². The van der Waals surface area contributed by atoms with Crippen molar-refractivity contribution in [3.05, 3.63) is 99.8 Å². The average molecular weight is 437 g/mol. The first-order valence-electron chi connectivity index (χ1n) is 9.35. The van der Waals surface area contributed by atoms with Gasteiger partial charge in [-0.1, -0.05) is 54.6 Å². The summed E-state index contributed by atoms with van der Waals surface area (Å²) in [6.07, 6.45) is 3.09. The Kier molecular flexibility index (Phi) is 5.65. The lowest BCUT2D eigenvalue weighted by atomic mass is 10.0. The molecule has 30 heavy (non-hydrogen) atoms. The standard InChI is InChI=1S/C23H20N2O3S2/c1-30(27,28)16-17-6-4-9-19(14-17)22(26)24-23-25(12-13-29-23)15-20-10-5-8-18-7-2-3-11-21(18)20/h2-14H,15-16H2,1H3. The Balaban J connectivity index is 1.64. The Bertz CT molecular complexity index is 1390. The van der Waals surface area contributed by atoms with Crippen molar-refractivity contribution in [3.63, 3.8) is 0 Å². The second-order valence-electron chi connectivity index (χ2n) is 7.14.